The van der Waals surface area contributed by atoms with Crippen molar-refractivity contribution < 1.29 is 9.90 Å². The largest absolute Gasteiger partial charge is 0.396 e. The van der Waals surface area contributed by atoms with Crippen LogP contribution < -0.4 is 5.32 Å². The van der Waals surface area contributed by atoms with Crippen molar-refractivity contribution in [1.82, 2.24) is 10.2 Å². The molecular weight excluding hydrogens is 336 g/mol. The number of carbonyl (C=O) groups excluding carboxylic acids is 1. The summed E-state index contributed by atoms with van der Waals surface area (Å²) in [5, 5.41) is 12.4. The van der Waals surface area contributed by atoms with E-state index in [1.54, 1.807) is 0 Å². The van der Waals surface area contributed by atoms with E-state index in [0.717, 1.165) is 32.5 Å². The zero-order valence-corrected chi connectivity index (χ0v) is 15.9. The minimum atomic E-state index is 0.0705. The van der Waals surface area contributed by atoms with E-state index in [1.807, 2.05) is 36.4 Å². The van der Waals surface area contributed by atoms with E-state index >= 15 is 0 Å². The lowest BCUT2D eigenvalue weighted by molar-refractivity contribution is -0.121. The van der Waals surface area contributed by atoms with Gasteiger partial charge in [-0.25, -0.2) is 0 Å². The van der Waals surface area contributed by atoms with Crippen LogP contribution in [0.15, 0.2) is 60.7 Å². The molecule has 0 aliphatic carbocycles. The minimum Gasteiger partial charge on any atom is -0.396 e. The van der Waals surface area contributed by atoms with Gasteiger partial charge in [-0.3, -0.25) is 4.79 Å². The Bertz CT molecular complexity index is 651. The topological polar surface area (TPSA) is 52.6 Å². The Labute approximate surface area is 162 Å². The SMILES string of the molecule is O=C(CC(c1ccccc1)c1ccccc1)NCCN1CCCC(CO)C1. The maximum absolute atomic E-state index is 12.6. The molecule has 4 heteroatoms. The van der Waals surface area contributed by atoms with Gasteiger partial charge in [0.2, 0.25) is 5.91 Å². The van der Waals surface area contributed by atoms with E-state index in [1.165, 1.54) is 11.1 Å². The number of benzene rings is 2. The number of rotatable bonds is 8. The minimum absolute atomic E-state index is 0.0705. The van der Waals surface area contributed by atoms with Gasteiger partial charge in [0.05, 0.1) is 0 Å². The number of nitrogens with zero attached hydrogens (tertiary/aromatic N) is 1. The second-order valence-electron chi connectivity index (χ2n) is 7.42. The smallest absolute Gasteiger partial charge is 0.220 e. The zero-order valence-electron chi connectivity index (χ0n) is 15.9. The molecule has 144 valence electrons. The predicted octanol–water partition coefficient (Wildman–Crippen LogP) is 3.03. The highest BCUT2D eigenvalue weighted by Crippen LogP contribution is 2.27. The van der Waals surface area contributed by atoms with Crippen LogP contribution in [-0.2, 0) is 4.79 Å². The van der Waals surface area contributed by atoms with Gasteiger partial charge >= 0.3 is 0 Å². The Hall–Kier alpha value is -2.17. The van der Waals surface area contributed by atoms with Crippen LogP contribution >= 0.6 is 0 Å². The van der Waals surface area contributed by atoms with Gasteiger partial charge in [0.1, 0.15) is 0 Å². The van der Waals surface area contributed by atoms with E-state index in [-0.39, 0.29) is 18.4 Å². The molecule has 1 aliphatic heterocycles. The molecule has 4 nitrogen and oxygen atoms in total. The molecule has 27 heavy (non-hydrogen) atoms. The Morgan fingerprint density at radius 1 is 1.07 bits per heavy atom. The average molecular weight is 367 g/mol. The number of likely N-dealkylation sites (tertiary alicyclic amines) is 1. The summed E-state index contributed by atoms with van der Waals surface area (Å²) in [6, 6.07) is 20.5. The molecule has 0 bridgehead atoms. The maximum atomic E-state index is 12.6. The summed E-state index contributed by atoms with van der Waals surface area (Å²) in [6.45, 7) is 3.77. The van der Waals surface area contributed by atoms with Crippen molar-refractivity contribution in [2.45, 2.75) is 25.2 Å². The summed E-state index contributed by atoms with van der Waals surface area (Å²) in [4.78, 5) is 14.9. The van der Waals surface area contributed by atoms with Crippen molar-refractivity contribution in [3.05, 3.63) is 71.8 Å². The molecule has 2 N–H and O–H groups in total. The van der Waals surface area contributed by atoms with Crippen molar-refractivity contribution in [2.75, 3.05) is 32.8 Å². The Morgan fingerprint density at radius 2 is 1.70 bits per heavy atom. The van der Waals surface area contributed by atoms with E-state index in [0.29, 0.717) is 18.9 Å². The van der Waals surface area contributed by atoms with Crippen molar-refractivity contribution in [3.63, 3.8) is 0 Å². The number of piperidine rings is 1. The summed E-state index contributed by atoms with van der Waals surface area (Å²) >= 11 is 0. The van der Waals surface area contributed by atoms with Crippen LogP contribution in [0.1, 0.15) is 36.3 Å². The maximum Gasteiger partial charge on any atom is 0.220 e. The summed E-state index contributed by atoms with van der Waals surface area (Å²) in [5.41, 5.74) is 2.33. The monoisotopic (exact) mass is 366 g/mol. The lowest BCUT2D eigenvalue weighted by Crippen LogP contribution is -2.41. The number of amides is 1. The van der Waals surface area contributed by atoms with Gasteiger partial charge in [0, 0.05) is 38.6 Å². The molecular formula is C23H30N2O2. The van der Waals surface area contributed by atoms with Crippen molar-refractivity contribution in [2.24, 2.45) is 5.92 Å². The summed E-state index contributed by atoms with van der Waals surface area (Å²) < 4.78 is 0. The Balaban J connectivity index is 1.54. The third-order valence-corrected chi connectivity index (χ3v) is 5.40. The Morgan fingerprint density at radius 3 is 2.30 bits per heavy atom. The summed E-state index contributed by atoms with van der Waals surface area (Å²) in [5.74, 6) is 0.541. The molecule has 1 unspecified atom stereocenters. The van der Waals surface area contributed by atoms with E-state index < -0.39 is 0 Å². The van der Waals surface area contributed by atoms with Gasteiger partial charge < -0.3 is 15.3 Å². The molecule has 1 aliphatic rings. The molecule has 1 saturated heterocycles. The number of hydrogen-bond acceptors (Lipinski definition) is 3. The van der Waals surface area contributed by atoms with Gasteiger partial charge in [-0.2, -0.15) is 0 Å². The van der Waals surface area contributed by atoms with Crippen molar-refractivity contribution in [1.29, 1.82) is 0 Å². The molecule has 1 atom stereocenters. The third-order valence-electron chi connectivity index (χ3n) is 5.40. The summed E-state index contributed by atoms with van der Waals surface area (Å²) in [6.07, 6.45) is 2.69. The molecule has 1 heterocycles. The third kappa shape index (κ3) is 5.91. The standard InChI is InChI=1S/C23H30N2O2/c26-18-19-8-7-14-25(17-19)15-13-24-23(27)16-22(20-9-3-1-4-10-20)21-11-5-2-6-12-21/h1-6,9-12,19,22,26H,7-8,13-18H2,(H,24,27). The average Bonchev–Trinajstić information content (AvgIpc) is 2.73. The molecule has 2 aromatic rings. The van der Waals surface area contributed by atoms with Gasteiger partial charge in [0.25, 0.3) is 0 Å². The molecule has 0 saturated carbocycles. The molecule has 2 aromatic carbocycles. The van der Waals surface area contributed by atoms with E-state index in [9.17, 15) is 9.90 Å². The molecule has 0 spiro atoms. The van der Waals surface area contributed by atoms with Crippen LogP contribution in [0.25, 0.3) is 0 Å². The molecule has 1 fully saturated rings. The first-order valence-corrected chi connectivity index (χ1v) is 9.96. The van der Waals surface area contributed by atoms with E-state index in [4.69, 9.17) is 0 Å². The van der Waals surface area contributed by atoms with E-state index in [2.05, 4.69) is 34.5 Å². The van der Waals surface area contributed by atoms with Crippen LogP contribution in [-0.4, -0.2) is 48.7 Å². The molecule has 0 radical (unpaired) electrons. The van der Waals surface area contributed by atoms with Crippen molar-refractivity contribution in [3.8, 4) is 0 Å². The molecule has 3 rings (SSSR count). The normalized spacial score (nSPS) is 17.8. The highest BCUT2D eigenvalue weighted by Gasteiger charge is 2.20. The second-order valence-corrected chi connectivity index (χ2v) is 7.42. The van der Waals surface area contributed by atoms with Crippen molar-refractivity contribution >= 4 is 5.91 Å². The lowest BCUT2D eigenvalue weighted by atomic mass is 9.88. The first kappa shape index (κ1) is 19.6. The number of nitrogens with one attached hydrogen (secondary N) is 1. The van der Waals surface area contributed by atoms with Crippen LogP contribution in [0.4, 0.5) is 0 Å². The fourth-order valence-electron chi connectivity index (χ4n) is 3.91. The lowest BCUT2D eigenvalue weighted by Gasteiger charge is -2.31. The first-order chi connectivity index (χ1) is 13.3. The highest BCUT2D eigenvalue weighted by atomic mass is 16.3. The zero-order chi connectivity index (χ0) is 18.9. The van der Waals surface area contributed by atoms with Gasteiger partial charge in [-0.05, 0) is 36.4 Å². The van der Waals surface area contributed by atoms with Gasteiger partial charge in [-0.1, -0.05) is 60.7 Å². The molecule has 1 amide bonds. The summed E-state index contributed by atoms with van der Waals surface area (Å²) in [7, 11) is 0. The number of hydrogen-bond donors (Lipinski definition) is 2. The highest BCUT2D eigenvalue weighted by molar-refractivity contribution is 5.77. The number of aliphatic hydroxyl groups is 1. The van der Waals surface area contributed by atoms with Crippen LogP contribution in [0.2, 0.25) is 0 Å². The van der Waals surface area contributed by atoms with Crippen LogP contribution in [0.3, 0.4) is 0 Å². The van der Waals surface area contributed by atoms with Crippen LogP contribution in [0.5, 0.6) is 0 Å². The van der Waals surface area contributed by atoms with Gasteiger partial charge in [0.15, 0.2) is 0 Å². The molecule has 0 aromatic heterocycles. The van der Waals surface area contributed by atoms with Gasteiger partial charge in [-0.15, -0.1) is 0 Å². The quantitative estimate of drug-likeness (QED) is 0.755. The number of carbonyl (C=O) groups is 1. The fourth-order valence-corrected chi connectivity index (χ4v) is 3.91. The predicted molar refractivity (Wildman–Crippen MR) is 109 cm³/mol. The Kier molecular flexibility index (Phi) is 7.43. The number of aliphatic hydroxyl groups excluding tert-OH is 1. The van der Waals surface area contributed by atoms with Crippen LogP contribution in [0, 0.1) is 5.92 Å². The first-order valence-electron chi connectivity index (χ1n) is 9.96. The fraction of sp³-hybridized carbons (Fsp3) is 0.435. The second kappa shape index (κ2) is 10.2.